The second-order valence-corrected chi connectivity index (χ2v) is 5.87. The predicted molar refractivity (Wildman–Crippen MR) is 76.4 cm³/mol. The van der Waals surface area contributed by atoms with Crippen molar-refractivity contribution in [3.05, 3.63) is 29.3 Å². The molecule has 20 heavy (non-hydrogen) atoms. The summed E-state index contributed by atoms with van der Waals surface area (Å²) in [7, 11) is 0. The molecule has 1 aromatic rings. The van der Waals surface area contributed by atoms with E-state index in [2.05, 4.69) is 10.3 Å². The lowest BCUT2D eigenvalue weighted by Gasteiger charge is -2.25. The smallest absolute Gasteiger partial charge is 0.265 e. The molecule has 2 heterocycles. The fraction of sp³-hybridized carbons (Fsp3) is 0.308. The highest BCUT2D eigenvalue weighted by molar-refractivity contribution is 8.15. The molecule has 0 fully saturated rings. The van der Waals surface area contributed by atoms with Crippen molar-refractivity contribution in [3.63, 3.8) is 0 Å². The highest BCUT2D eigenvalue weighted by atomic mass is 32.2. The number of rotatable bonds is 2. The van der Waals surface area contributed by atoms with Gasteiger partial charge in [-0.1, -0.05) is 30.8 Å². The zero-order valence-corrected chi connectivity index (χ0v) is 11.5. The Hall–Kier alpha value is -1.86. The Morgan fingerprint density at radius 2 is 2.25 bits per heavy atom. The van der Waals surface area contributed by atoms with Crippen LogP contribution >= 0.6 is 11.8 Å². The van der Waals surface area contributed by atoms with Gasteiger partial charge in [-0.2, -0.15) is 4.99 Å². The van der Waals surface area contributed by atoms with Gasteiger partial charge in [-0.15, -0.1) is 0 Å². The number of amidine groups is 1. The highest BCUT2D eigenvalue weighted by Gasteiger charge is 2.56. The van der Waals surface area contributed by atoms with Crippen molar-refractivity contribution in [2.75, 3.05) is 5.32 Å². The Labute approximate surface area is 119 Å². The van der Waals surface area contributed by atoms with Crippen LogP contribution in [0.15, 0.2) is 23.2 Å². The SMILES string of the molecule is CCc1ccc2c(c1)[C@](O)([C@@H]1SC(N)=NC1=O)C(=O)N2. The minimum Gasteiger partial charge on any atom is -0.378 e. The molecule has 3 rings (SSSR count). The quantitative estimate of drug-likeness (QED) is 0.729. The molecule has 0 bridgehead atoms. The van der Waals surface area contributed by atoms with Crippen LogP contribution < -0.4 is 11.1 Å². The minimum atomic E-state index is -1.92. The van der Waals surface area contributed by atoms with Crippen molar-refractivity contribution in [2.24, 2.45) is 10.7 Å². The first-order chi connectivity index (χ1) is 9.46. The number of carbonyl (C=O) groups excluding carboxylic acids is 2. The van der Waals surface area contributed by atoms with Crippen LogP contribution in [-0.4, -0.2) is 27.3 Å². The lowest BCUT2D eigenvalue weighted by molar-refractivity contribution is -0.138. The molecular weight excluding hydrogens is 278 g/mol. The summed E-state index contributed by atoms with van der Waals surface area (Å²) in [6.07, 6.45) is 0.766. The van der Waals surface area contributed by atoms with Crippen LogP contribution in [0.2, 0.25) is 0 Å². The molecule has 2 amide bonds. The third-order valence-corrected chi connectivity index (χ3v) is 4.67. The van der Waals surface area contributed by atoms with E-state index in [0.29, 0.717) is 11.3 Å². The van der Waals surface area contributed by atoms with Gasteiger partial charge in [-0.25, -0.2) is 0 Å². The number of nitrogens with zero attached hydrogens (tertiary/aromatic N) is 1. The maximum atomic E-state index is 12.2. The number of nitrogens with one attached hydrogen (secondary N) is 1. The van der Waals surface area contributed by atoms with Crippen LogP contribution in [0.5, 0.6) is 0 Å². The number of hydrogen-bond acceptors (Lipinski definition) is 5. The first-order valence-corrected chi connectivity index (χ1v) is 7.06. The van der Waals surface area contributed by atoms with E-state index < -0.39 is 22.7 Å². The standard InChI is InChI=1S/C13H13N3O3S/c1-2-6-3-4-8-7(5-6)13(19,11(18)15-8)9-10(17)16-12(14)20-9/h3-5,9,19H,2H2,1H3,(H,15,18)(H2,14,16,17)/t9-,13+/m1/s1. The molecule has 0 aromatic heterocycles. The van der Waals surface area contributed by atoms with Crippen molar-refractivity contribution in [2.45, 2.75) is 24.2 Å². The number of anilines is 1. The summed E-state index contributed by atoms with van der Waals surface area (Å²) < 4.78 is 0. The molecule has 2 aliphatic heterocycles. The van der Waals surface area contributed by atoms with E-state index in [4.69, 9.17) is 5.73 Å². The van der Waals surface area contributed by atoms with E-state index >= 15 is 0 Å². The van der Waals surface area contributed by atoms with Crippen molar-refractivity contribution in [1.82, 2.24) is 0 Å². The lowest BCUT2D eigenvalue weighted by atomic mass is 9.89. The van der Waals surface area contributed by atoms with Gasteiger partial charge in [0.2, 0.25) is 0 Å². The first kappa shape index (κ1) is 13.1. The van der Waals surface area contributed by atoms with E-state index in [1.807, 2.05) is 13.0 Å². The van der Waals surface area contributed by atoms with Gasteiger partial charge in [-0.05, 0) is 18.1 Å². The fourth-order valence-corrected chi connectivity index (χ4v) is 3.41. The number of amides is 2. The van der Waals surface area contributed by atoms with Crippen LogP contribution in [0.3, 0.4) is 0 Å². The molecule has 1 aromatic carbocycles. The van der Waals surface area contributed by atoms with Crippen molar-refractivity contribution in [1.29, 1.82) is 0 Å². The normalized spacial score (nSPS) is 28.3. The number of benzene rings is 1. The maximum Gasteiger partial charge on any atom is 0.265 e. The summed E-state index contributed by atoms with van der Waals surface area (Å²) in [5.74, 6) is -1.20. The Morgan fingerprint density at radius 3 is 2.85 bits per heavy atom. The number of aryl methyl sites for hydroxylation is 1. The Bertz CT molecular complexity index is 658. The molecule has 0 unspecified atom stereocenters. The predicted octanol–water partition coefficient (Wildman–Crippen LogP) is 0.345. The van der Waals surface area contributed by atoms with E-state index in [9.17, 15) is 14.7 Å². The van der Waals surface area contributed by atoms with Gasteiger partial charge in [0.15, 0.2) is 10.8 Å². The maximum absolute atomic E-state index is 12.2. The summed E-state index contributed by atoms with van der Waals surface area (Å²) in [4.78, 5) is 27.6. The van der Waals surface area contributed by atoms with Crippen molar-refractivity contribution < 1.29 is 14.7 Å². The number of carbonyl (C=O) groups is 2. The van der Waals surface area contributed by atoms with Crippen molar-refractivity contribution in [3.8, 4) is 0 Å². The Kier molecular flexibility index (Phi) is 2.84. The van der Waals surface area contributed by atoms with Crippen LogP contribution in [-0.2, 0) is 21.6 Å². The molecule has 4 N–H and O–H groups in total. The van der Waals surface area contributed by atoms with Gasteiger partial charge < -0.3 is 16.2 Å². The van der Waals surface area contributed by atoms with Gasteiger partial charge in [0.05, 0.1) is 0 Å². The van der Waals surface area contributed by atoms with E-state index in [-0.39, 0.29) is 5.17 Å². The lowest BCUT2D eigenvalue weighted by Crippen LogP contribution is -2.46. The summed E-state index contributed by atoms with van der Waals surface area (Å²) in [5, 5.41) is 12.5. The molecule has 104 valence electrons. The zero-order chi connectivity index (χ0) is 14.5. The van der Waals surface area contributed by atoms with Gasteiger partial charge in [0.25, 0.3) is 11.8 Å². The fourth-order valence-electron chi connectivity index (χ4n) is 2.46. The summed E-state index contributed by atoms with van der Waals surface area (Å²) >= 11 is 0.918. The van der Waals surface area contributed by atoms with E-state index in [1.54, 1.807) is 12.1 Å². The number of hydrogen-bond donors (Lipinski definition) is 3. The second kappa shape index (κ2) is 4.32. The number of nitrogens with two attached hydrogens (primary N) is 1. The van der Waals surface area contributed by atoms with E-state index in [1.165, 1.54) is 0 Å². The molecule has 0 saturated heterocycles. The van der Waals surface area contributed by atoms with Crippen LogP contribution in [0.1, 0.15) is 18.1 Å². The minimum absolute atomic E-state index is 0.0707. The molecule has 7 heteroatoms. The number of aliphatic hydroxyl groups is 1. The van der Waals surface area contributed by atoms with Gasteiger partial charge in [0, 0.05) is 11.3 Å². The molecular formula is C13H13N3O3S. The Morgan fingerprint density at radius 1 is 1.50 bits per heavy atom. The third-order valence-electron chi connectivity index (χ3n) is 3.56. The highest BCUT2D eigenvalue weighted by Crippen LogP contribution is 2.45. The molecule has 0 spiro atoms. The van der Waals surface area contributed by atoms with E-state index in [0.717, 1.165) is 23.7 Å². The molecule has 0 radical (unpaired) electrons. The van der Waals surface area contributed by atoms with Crippen LogP contribution in [0.4, 0.5) is 5.69 Å². The average molecular weight is 291 g/mol. The summed E-state index contributed by atoms with van der Waals surface area (Å²) in [6.45, 7) is 1.97. The van der Waals surface area contributed by atoms with Gasteiger partial charge in [-0.3, -0.25) is 9.59 Å². The molecule has 2 atom stereocenters. The topological polar surface area (TPSA) is 105 Å². The molecule has 2 aliphatic rings. The van der Waals surface area contributed by atoms with Gasteiger partial charge >= 0.3 is 0 Å². The number of aliphatic imine (C=N–C) groups is 1. The van der Waals surface area contributed by atoms with Crippen LogP contribution in [0, 0.1) is 0 Å². The first-order valence-electron chi connectivity index (χ1n) is 6.18. The molecule has 0 aliphatic carbocycles. The summed E-state index contributed by atoms with van der Waals surface area (Å²) in [5.41, 5.74) is 5.50. The largest absolute Gasteiger partial charge is 0.378 e. The summed E-state index contributed by atoms with van der Waals surface area (Å²) in [6, 6.07) is 5.35. The Balaban J connectivity index is 2.11. The molecule has 0 saturated carbocycles. The van der Waals surface area contributed by atoms with Gasteiger partial charge in [0.1, 0.15) is 5.25 Å². The second-order valence-electron chi connectivity index (χ2n) is 4.74. The van der Waals surface area contributed by atoms with Crippen molar-refractivity contribution >= 4 is 34.4 Å². The number of fused-ring (bicyclic) bond motifs is 1. The zero-order valence-electron chi connectivity index (χ0n) is 10.7. The monoisotopic (exact) mass is 291 g/mol. The van der Waals surface area contributed by atoms with Crippen LogP contribution in [0.25, 0.3) is 0 Å². The third kappa shape index (κ3) is 1.66. The molecule has 6 nitrogen and oxygen atoms in total. The average Bonchev–Trinajstić information content (AvgIpc) is 2.88. The number of thioether (sulfide) groups is 1.